The molecule has 1 fully saturated rings. The van der Waals surface area contributed by atoms with Crippen LogP contribution in [-0.4, -0.2) is 69.9 Å². The minimum Gasteiger partial charge on any atom is -0.394 e. The van der Waals surface area contributed by atoms with E-state index in [4.69, 9.17) is 14.6 Å². The smallest absolute Gasteiger partial charge is 0.394 e. The van der Waals surface area contributed by atoms with Crippen LogP contribution in [-0.2, 0) is 14.3 Å². The molecule has 1 saturated heterocycles. The average Bonchev–Trinajstić information content (AvgIpc) is 2.76. The first kappa shape index (κ1) is 25.5. The molecule has 2 N–H and O–H groups in total. The summed E-state index contributed by atoms with van der Waals surface area (Å²) in [5, 5.41) is 21.7. The van der Waals surface area contributed by atoms with Crippen LogP contribution in [0, 0.1) is 11.3 Å². The Bertz CT molecular complexity index is 1080. The molecule has 1 aliphatic heterocycles. The van der Waals surface area contributed by atoms with Gasteiger partial charge >= 0.3 is 6.18 Å². The quantitative estimate of drug-likeness (QED) is 0.294. The molecule has 182 valence electrons. The van der Waals surface area contributed by atoms with Crippen LogP contribution in [0.4, 0.5) is 18.9 Å². The van der Waals surface area contributed by atoms with Crippen LogP contribution < -0.4 is 10.2 Å². The number of nitrogens with one attached hydrogen (secondary N) is 1. The molecule has 1 amide bonds. The molecular weight excluding hydrogens is 451 g/mol. The summed E-state index contributed by atoms with van der Waals surface area (Å²) in [6.07, 6.45) is -3.80. The second-order valence-electron chi connectivity index (χ2n) is 7.65. The SMILES string of the molecule is N#C/C(C(=O)NCCOCCOCCO)=C(\c1ccc2cc(N3CCC3)ccc2c1)C(F)(F)F. The maximum Gasteiger partial charge on any atom is 0.418 e. The number of fused-ring (bicyclic) bond motifs is 1. The van der Waals surface area contributed by atoms with Crippen LogP contribution in [0.3, 0.4) is 0 Å². The lowest BCUT2D eigenvalue weighted by Gasteiger charge is -2.33. The normalized spacial score (nSPS) is 14.4. The fourth-order valence-electron chi connectivity index (χ4n) is 3.54. The van der Waals surface area contributed by atoms with Crippen molar-refractivity contribution in [1.29, 1.82) is 5.26 Å². The van der Waals surface area contributed by atoms with Crippen molar-refractivity contribution < 1.29 is 32.5 Å². The van der Waals surface area contributed by atoms with Crippen molar-refractivity contribution >= 4 is 27.9 Å². The first-order valence-corrected chi connectivity index (χ1v) is 10.9. The highest BCUT2D eigenvalue weighted by Gasteiger charge is 2.39. The minimum atomic E-state index is -4.91. The Balaban J connectivity index is 1.75. The van der Waals surface area contributed by atoms with Crippen LogP contribution in [0.5, 0.6) is 0 Å². The molecule has 0 aromatic heterocycles. The summed E-state index contributed by atoms with van der Waals surface area (Å²) in [4.78, 5) is 14.6. The van der Waals surface area contributed by atoms with Crippen molar-refractivity contribution in [3.8, 4) is 6.07 Å². The Hall–Kier alpha value is -3.13. The fraction of sp³-hybridized carbons (Fsp3) is 0.417. The van der Waals surface area contributed by atoms with E-state index in [-0.39, 0.29) is 45.1 Å². The van der Waals surface area contributed by atoms with Gasteiger partial charge in [0.15, 0.2) is 0 Å². The van der Waals surface area contributed by atoms with Crippen molar-refractivity contribution in [1.82, 2.24) is 5.32 Å². The zero-order valence-electron chi connectivity index (χ0n) is 18.5. The molecule has 2 aromatic rings. The molecule has 0 saturated carbocycles. The number of halogens is 3. The third-order valence-electron chi connectivity index (χ3n) is 5.35. The van der Waals surface area contributed by atoms with Crippen LogP contribution in [0.25, 0.3) is 16.3 Å². The predicted molar refractivity (Wildman–Crippen MR) is 121 cm³/mol. The first-order chi connectivity index (χ1) is 16.3. The van der Waals surface area contributed by atoms with Gasteiger partial charge in [0, 0.05) is 25.3 Å². The van der Waals surface area contributed by atoms with Gasteiger partial charge in [-0.2, -0.15) is 18.4 Å². The van der Waals surface area contributed by atoms with Crippen LogP contribution >= 0.6 is 0 Å². The Morgan fingerprint density at radius 3 is 2.35 bits per heavy atom. The van der Waals surface area contributed by atoms with E-state index in [9.17, 15) is 23.2 Å². The van der Waals surface area contributed by atoms with E-state index in [1.807, 2.05) is 12.1 Å². The number of nitriles is 1. The zero-order chi connectivity index (χ0) is 24.6. The number of rotatable bonds is 11. The molecule has 0 atom stereocenters. The third kappa shape index (κ3) is 6.47. The van der Waals surface area contributed by atoms with E-state index in [2.05, 4.69) is 10.2 Å². The summed E-state index contributed by atoms with van der Waals surface area (Å²) in [6, 6.07) is 11.1. The molecule has 1 aliphatic rings. The molecule has 34 heavy (non-hydrogen) atoms. The van der Waals surface area contributed by atoms with Gasteiger partial charge in [0.2, 0.25) is 0 Å². The van der Waals surface area contributed by atoms with Crippen LogP contribution in [0.2, 0.25) is 0 Å². The van der Waals surface area contributed by atoms with E-state index in [1.54, 1.807) is 12.1 Å². The lowest BCUT2D eigenvalue weighted by molar-refractivity contribution is -0.117. The van der Waals surface area contributed by atoms with E-state index in [1.165, 1.54) is 18.2 Å². The van der Waals surface area contributed by atoms with Crippen molar-refractivity contribution in [3.63, 3.8) is 0 Å². The largest absolute Gasteiger partial charge is 0.418 e. The summed E-state index contributed by atoms with van der Waals surface area (Å²) >= 11 is 0. The second kappa shape index (κ2) is 11.8. The Morgan fingerprint density at radius 1 is 1.06 bits per heavy atom. The molecule has 10 heteroatoms. The van der Waals surface area contributed by atoms with Crippen molar-refractivity contribution in [2.24, 2.45) is 0 Å². The number of anilines is 1. The number of carbonyl (C=O) groups excluding carboxylic acids is 1. The van der Waals surface area contributed by atoms with Gasteiger partial charge in [0.25, 0.3) is 5.91 Å². The molecular formula is C24H26F3N3O4. The number of aliphatic hydroxyl groups excluding tert-OH is 1. The van der Waals surface area contributed by atoms with Gasteiger partial charge in [0.1, 0.15) is 11.6 Å². The summed E-state index contributed by atoms with van der Waals surface area (Å²) in [6.45, 7) is 2.35. The van der Waals surface area contributed by atoms with E-state index >= 15 is 0 Å². The van der Waals surface area contributed by atoms with Gasteiger partial charge in [-0.3, -0.25) is 4.79 Å². The summed E-state index contributed by atoms with van der Waals surface area (Å²) in [5.74, 6) is -1.12. The van der Waals surface area contributed by atoms with Gasteiger partial charge in [-0.1, -0.05) is 18.2 Å². The second-order valence-corrected chi connectivity index (χ2v) is 7.65. The number of allylic oxidation sites excluding steroid dienone is 1. The minimum absolute atomic E-state index is 0.0314. The van der Waals surface area contributed by atoms with Crippen molar-refractivity contribution in [2.75, 3.05) is 57.6 Å². The molecule has 3 rings (SSSR count). The van der Waals surface area contributed by atoms with Gasteiger partial charge < -0.3 is 24.8 Å². The van der Waals surface area contributed by atoms with E-state index in [0.717, 1.165) is 30.6 Å². The fourth-order valence-corrected chi connectivity index (χ4v) is 3.54. The molecule has 0 aliphatic carbocycles. The lowest BCUT2D eigenvalue weighted by atomic mass is 9.96. The number of hydrogen-bond donors (Lipinski definition) is 2. The average molecular weight is 477 g/mol. The Morgan fingerprint density at radius 2 is 1.74 bits per heavy atom. The molecule has 0 bridgehead atoms. The highest BCUT2D eigenvalue weighted by atomic mass is 19.4. The molecule has 0 radical (unpaired) electrons. The number of ether oxygens (including phenoxy) is 2. The topological polar surface area (TPSA) is 94.8 Å². The monoisotopic (exact) mass is 477 g/mol. The highest BCUT2D eigenvalue weighted by Crippen LogP contribution is 2.38. The number of hydrogen-bond acceptors (Lipinski definition) is 6. The number of aliphatic hydroxyl groups is 1. The molecule has 0 unspecified atom stereocenters. The lowest BCUT2D eigenvalue weighted by Crippen LogP contribution is -2.36. The highest BCUT2D eigenvalue weighted by molar-refractivity contribution is 6.06. The van der Waals surface area contributed by atoms with Gasteiger partial charge in [0.05, 0.1) is 38.6 Å². The van der Waals surface area contributed by atoms with Crippen molar-refractivity contribution in [2.45, 2.75) is 12.6 Å². The zero-order valence-corrected chi connectivity index (χ0v) is 18.5. The third-order valence-corrected chi connectivity index (χ3v) is 5.35. The molecule has 1 heterocycles. The summed E-state index contributed by atoms with van der Waals surface area (Å²) in [5.41, 5.74) is -1.52. The van der Waals surface area contributed by atoms with Crippen LogP contribution in [0.1, 0.15) is 12.0 Å². The maximum atomic E-state index is 14.0. The maximum absolute atomic E-state index is 14.0. The van der Waals surface area contributed by atoms with Gasteiger partial charge in [-0.15, -0.1) is 0 Å². The number of amides is 1. The summed E-state index contributed by atoms with van der Waals surface area (Å²) in [7, 11) is 0. The van der Waals surface area contributed by atoms with Gasteiger partial charge in [-0.25, -0.2) is 0 Å². The number of carbonyl (C=O) groups is 1. The van der Waals surface area contributed by atoms with Crippen LogP contribution in [0.15, 0.2) is 42.0 Å². The Kier molecular flexibility index (Phi) is 8.87. The summed E-state index contributed by atoms with van der Waals surface area (Å²) < 4.78 is 52.1. The number of alkyl halides is 3. The van der Waals surface area contributed by atoms with E-state index in [0.29, 0.717) is 5.39 Å². The van der Waals surface area contributed by atoms with E-state index < -0.39 is 23.2 Å². The predicted octanol–water partition coefficient (Wildman–Crippen LogP) is 3.03. The van der Waals surface area contributed by atoms with Crippen molar-refractivity contribution in [3.05, 3.63) is 47.5 Å². The number of benzene rings is 2. The number of nitrogens with zero attached hydrogens (tertiary/aromatic N) is 2. The Labute approximate surface area is 195 Å². The van der Waals surface area contributed by atoms with Gasteiger partial charge in [-0.05, 0) is 41.0 Å². The molecule has 7 nitrogen and oxygen atoms in total. The molecule has 0 spiro atoms. The standard InChI is InChI=1S/C24H26F3N3O4/c25-24(26,27)22(21(16-28)23(32)29-6-10-33-12-13-34-11-9-31)19-3-2-18-15-20(30-7-1-8-30)5-4-17(18)14-19/h2-5,14-15,31H,1,6-13H2,(H,29,32)/b22-21-. The molecule has 2 aromatic carbocycles. The first-order valence-electron chi connectivity index (χ1n) is 10.9.